The smallest absolute Gasteiger partial charge is 0.258 e. The average molecular weight is 251 g/mol. The van der Waals surface area contributed by atoms with Crippen LogP contribution in [0, 0.1) is 5.92 Å². The molecule has 0 radical (unpaired) electrons. The van der Waals surface area contributed by atoms with Gasteiger partial charge in [0.15, 0.2) is 0 Å². The first-order chi connectivity index (χ1) is 7.42. The summed E-state index contributed by atoms with van der Waals surface area (Å²) >= 11 is 0. The topological polar surface area (TPSA) is 69.4 Å². The van der Waals surface area contributed by atoms with Crippen LogP contribution >= 0.6 is 0 Å². The van der Waals surface area contributed by atoms with Crippen LogP contribution in [0.5, 0.6) is 0 Å². The van der Waals surface area contributed by atoms with E-state index in [2.05, 4.69) is 18.0 Å². The molecule has 4 nitrogen and oxygen atoms in total. The van der Waals surface area contributed by atoms with E-state index in [1.807, 2.05) is 0 Å². The van der Waals surface area contributed by atoms with Crippen LogP contribution in [-0.4, -0.2) is 15.0 Å². The van der Waals surface area contributed by atoms with Crippen LogP contribution in [0.25, 0.3) is 0 Å². The van der Waals surface area contributed by atoms with E-state index in [9.17, 15) is 8.42 Å². The van der Waals surface area contributed by atoms with Gasteiger partial charge in [-0.25, -0.2) is 5.14 Å². The molecular weight excluding hydrogens is 226 g/mol. The van der Waals surface area contributed by atoms with Crippen LogP contribution in [0.2, 0.25) is 0 Å². The maximum absolute atomic E-state index is 10.4. The van der Waals surface area contributed by atoms with Crippen molar-refractivity contribution in [1.82, 2.24) is 0 Å². The molecule has 0 rings (SSSR count). The van der Waals surface area contributed by atoms with Gasteiger partial charge in [0.25, 0.3) is 0 Å². The Labute approximate surface area is 99.8 Å². The highest BCUT2D eigenvalue weighted by molar-refractivity contribution is 7.84. The summed E-state index contributed by atoms with van der Waals surface area (Å²) in [6.07, 6.45) is 8.01. The van der Waals surface area contributed by atoms with Crippen molar-refractivity contribution in [3.8, 4) is 0 Å². The van der Waals surface area contributed by atoms with E-state index in [4.69, 9.17) is 5.14 Å². The molecule has 0 unspecified atom stereocenters. The molecule has 0 saturated heterocycles. The molecule has 16 heavy (non-hydrogen) atoms. The van der Waals surface area contributed by atoms with Crippen LogP contribution in [0.15, 0.2) is 0 Å². The first kappa shape index (κ1) is 15.9. The van der Waals surface area contributed by atoms with E-state index in [0.717, 1.165) is 25.2 Å². The Morgan fingerprint density at radius 2 is 1.50 bits per heavy atom. The van der Waals surface area contributed by atoms with Crippen LogP contribution in [-0.2, 0) is 14.5 Å². The molecule has 0 aromatic carbocycles. The Balaban J connectivity index is 3.10. The van der Waals surface area contributed by atoms with Gasteiger partial charge < -0.3 is 0 Å². The van der Waals surface area contributed by atoms with Crippen molar-refractivity contribution in [2.75, 3.05) is 6.61 Å². The van der Waals surface area contributed by atoms with E-state index >= 15 is 0 Å². The third-order valence-electron chi connectivity index (χ3n) is 2.42. The Morgan fingerprint density at radius 1 is 1.00 bits per heavy atom. The predicted octanol–water partition coefficient (Wildman–Crippen LogP) is 2.59. The second kappa shape index (κ2) is 8.96. The van der Waals surface area contributed by atoms with Crippen molar-refractivity contribution in [3.63, 3.8) is 0 Å². The molecule has 0 aromatic heterocycles. The highest BCUT2D eigenvalue weighted by atomic mass is 32.2. The van der Waals surface area contributed by atoms with E-state index in [1.165, 1.54) is 25.7 Å². The molecule has 5 heteroatoms. The van der Waals surface area contributed by atoms with Gasteiger partial charge in [-0.15, -0.1) is 0 Å². The van der Waals surface area contributed by atoms with Gasteiger partial charge in [0, 0.05) is 0 Å². The molecular formula is C11H25NO3S. The number of unbranched alkanes of at least 4 members (excludes halogenated alkanes) is 5. The summed E-state index contributed by atoms with van der Waals surface area (Å²) in [5.41, 5.74) is 0. The van der Waals surface area contributed by atoms with Crippen molar-refractivity contribution < 1.29 is 12.6 Å². The fourth-order valence-corrected chi connectivity index (χ4v) is 1.89. The number of hydrogen-bond donors (Lipinski definition) is 1. The highest BCUT2D eigenvalue weighted by Gasteiger charge is 2.00. The summed E-state index contributed by atoms with van der Waals surface area (Å²) < 4.78 is 25.3. The summed E-state index contributed by atoms with van der Waals surface area (Å²) in [7, 11) is -3.74. The molecule has 0 saturated carbocycles. The summed E-state index contributed by atoms with van der Waals surface area (Å²) in [6, 6.07) is 0. The van der Waals surface area contributed by atoms with Crippen molar-refractivity contribution in [1.29, 1.82) is 0 Å². The molecule has 0 spiro atoms. The van der Waals surface area contributed by atoms with Gasteiger partial charge in [-0.3, -0.25) is 4.18 Å². The lowest BCUT2D eigenvalue weighted by molar-refractivity contribution is 0.306. The third-order valence-corrected chi connectivity index (χ3v) is 2.92. The zero-order chi connectivity index (χ0) is 12.4. The summed E-state index contributed by atoms with van der Waals surface area (Å²) in [6.45, 7) is 4.69. The van der Waals surface area contributed by atoms with Gasteiger partial charge in [0.1, 0.15) is 0 Å². The molecule has 0 aliphatic carbocycles. The lowest BCUT2D eigenvalue weighted by Gasteiger charge is -2.04. The first-order valence-corrected chi connectivity index (χ1v) is 7.56. The van der Waals surface area contributed by atoms with E-state index in [1.54, 1.807) is 0 Å². The van der Waals surface area contributed by atoms with Crippen LogP contribution in [0.1, 0.15) is 58.8 Å². The number of rotatable bonds is 10. The molecule has 0 bridgehead atoms. The van der Waals surface area contributed by atoms with E-state index in [-0.39, 0.29) is 6.61 Å². The molecule has 0 aliphatic heterocycles. The lowest BCUT2D eigenvalue weighted by Crippen LogP contribution is -2.16. The molecule has 0 aromatic rings. The second-order valence-electron chi connectivity index (χ2n) is 4.62. The molecule has 0 heterocycles. The fourth-order valence-electron chi connectivity index (χ4n) is 1.54. The van der Waals surface area contributed by atoms with Gasteiger partial charge in [-0.2, -0.15) is 8.42 Å². The third kappa shape index (κ3) is 13.9. The Morgan fingerprint density at radius 3 is 2.00 bits per heavy atom. The normalized spacial score (nSPS) is 12.2. The van der Waals surface area contributed by atoms with Gasteiger partial charge in [0.05, 0.1) is 6.61 Å². The van der Waals surface area contributed by atoms with E-state index < -0.39 is 10.3 Å². The predicted molar refractivity (Wildman–Crippen MR) is 66.2 cm³/mol. The highest BCUT2D eigenvalue weighted by Crippen LogP contribution is 2.11. The minimum Gasteiger partial charge on any atom is -0.258 e. The maximum atomic E-state index is 10.4. The molecule has 98 valence electrons. The maximum Gasteiger partial charge on any atom is 0.333 e. The SMILES string of the molecule is CC(C)CCCCCCCCOS(N)(=O)=O. The van der Waals surface area contributed by atoms with Crippen molar-refractivity contribution >= 4 is 10.3 Å². The molecule has 0 fully saturated rings. The Bertz CT molecular complexity index is 250. The summed E-state index contributed by atoms with van der Waals surface area (Å²) in [4.78, 5) is 0. The van der Waals surface area contributed by atoms with Gasteiger partial charge in [-0.05, 0) is 12.3 Å². The first-order valence-electron chi connectivity index (χ1n) is 6.09. The zero-order valence-corrected chi connectivity index (χ0v) is 11.3. The minimum absolute atomic E-state index is 0.213. The Hall–Kier alpha value is -0.130. The van der Waals surface area contributed by atoms with Crippen LogP contribution in [0.3, 0.4) is 0 Å². The number of hydrogen-bond acceptors (Lipinski definition) is 3. The van der Waals surface area contributed by atoms with Crippen molar-refractivity contribution in [2.45, 2.75) is 58.8 Å². The molecule has 0 atom stereocenters. The van der Waals surface area contributed by atoms with Crippen molar-refractivity contribution in [2.24, 2.45) is 11.1 Å². The van der Waals surface area contributed by atoms with Gasteiger partial charge >= 0.3 is 10.3 Å². The van der Waals surface area contributed by atoms with Crippen molar-refractivity contribution in [3.05, 3.63) is 0 Å². The average Bonchev–Trinajstić information content (AvgIpc) is 2.13. The van der Waals surface area contributed by atoms with Crippen LogP contribution < -0.4 is 5.14 Å². The monoisotopic (exact) mass is 251 g/mol. The molecule has 0 amide bonds. The van der Waals surface area contributed by atoms with E-state index in [0.29, 0.717) is 0 Å². The lowest BCUT2D eigenvalue weighted by atomic mass is 10.0. The van der Waals surface area contributed by atoms with Gasteiger partial charge in [-0.1, -0.05) is 52.4 Å². The fraction of sp³-hybridized carbons (Fsp3) is 1.00. The largest absolute Gasteiger partial charge is 0.333 e. The van der Waals surface area contributed by atoms with Crippen LogP contribution in [0.4, 0.5) is 0 Å². The standard InChI is InChI=1S/C11H25NO3S/c1-11(2)9-7-5-3-4-6-8-10-15-16(12,13)14/h11H,3-10H2,1-2H3,(H2,12,13,14). The summed E-state index contributed by atoms with van der Waals surface area (Å²) in [5, 5.41) is 4.69. The minimum atomic E-state index is -3.74. The summed E-state index contributed by atoms with van der Waals surface area (Å²) in [5.74, 6) is 0.795. The van der Waals surface area contributed by atoms with Gasteiger partial charge in [0.2, 0.25) is 0 Å². The Kier molecular flexibility index (Phi) is 8.89. The molecule has 0 aliphatic rings. The molecule has 2 N–H and O–H groups in total. The second-order valence-corrected chi connectivity index (χ2v) is 5.84. The zero-order valence-electron chi connectivity index (χ0n) is 10.4. The quantitative estimate of drug-likeness (QED) is 0.607. The number of nitrogens with two attached hydrogens (primary N) is 1.